The fourth-order valence-electron chi connectivity index (χ4n) is 2.21. The van der Waals surface area contributed by atoms with E-state index in [0.717, 1.165) is 18.4 Å². The summed E-state index contributed by atoms with van der Waals surface area (Å²) in [6, 6.07) is 5.07. The maximum absolute atomic E-state index is 12.4. The molecule has 0 saturated heterocycles. The second kappa shape index (κ2) is 4.90. The van der Waals surface area contributed by atoms with E-state index in [0.29, 0.717) is 18.2 Å². The number of nitrogen functional groups attached to an aromatic ring is 1. The van der Waals surface area contributed by atoms with Crippen LogP contribution >= 0.6 is 0 Å². The van der Waals surface area contributed by atoms with Crippen LogP contribution in [0.4, 0.5) is 5.69 Å². The molecule has 4 nitrogen and oxygen atoms in total. The van der Waals surface area contributed by atoms with Crippen LogP contribution in [0.2, 0.25) is 0 Å². The number of hydrogen-bond donors (Lipinski definition) is 1. The van der Waals surface area contributed by atoms with Crippen molar-refractivity contribution in [1.82, 2.24) is 4.31 Å². The van der Waals surface area contributed by atoms with Crippen molar-refractivity contribution in [2.24, 2.45) is 5.92 Å². The van der Waals surface area contributed by atoms with Crippen molar-refractivity contribution in [2.75, 3.05) is 19.3 Å². The second-order valence-corrected chi connectivity index (χ2v) is 7.14. The Bertz CT molecular complexity index is 536. The van der Waals surface area contributed by atoms with Crippen molar-refractivity contribution in [3.8, 4) is 0 Å². The normalized spacial score (nSPS) is 16.8. The molecule has 0 radical (unpaired) electrons. The summed E-state index contributed by atoms with van der Waals surface area (Å²) >= 11 is 0. The Morgan fingerprint density at radius 3 is 2.56 bits per heavy atom. The molecule has 1 saturated carbocycles. The van der Waals surface area contributed by atoms with Crippen molar-refractivity contribution in [3.05, 3.63) is 23.8 Å². The zero-order chi connectivity index (χ0) is 13.3. The highest BCUT2D eigenvalue weighted by Crippen LogP contribution is 2.29. The van der Waals surface area contributed by atoms with Gasteiger partial charge in [-0.15, -0.1) is 0 Å². The van der Waals surface area contributed by atoms with Crippen molar-refractivity contribution < 1.29 is 8.42 Å². The Morgan fingerprint density at radius 1 is 1.39 bits per heavy atom. The Morgan fingerprint density at radius 2 is 2.06 bits per heavy atom. The van der Waals surface area contributed by atoms with Gasteiger partial charge in [0.05, 0.1) is 5.69 Å². The van der Waals surface area contributed by atoms with Gasteiger partial charge in [0.25, 0.3) is 0 Å². The third-order valence-corrected chi connectivity index (χ3v) is 5.49. The van der Waals surface area contributed by atoms with Gasteiger partial charge in [-0.05, 0) is 43.4 Å². The third-order valence-electron chi connectivity index (χ3n) is 3.59. The number of aryl methyl sites for hydroxylation is 1. The topological polar surface area (TPSA) is 63.4 Å². The first-order chi connectivity index (χ1) is 8.41. The predicted molar refractivity (Wildman–Crippen MR) is 72.7 cm³/mol. The number of anilines is 1. The van der Waals surface area contributed by atoms with Gasteiger partial charge in [0, 0.05) is 13.6 Å². The van der Waals surface area contributed by atoms with E-state index in [9.17, 15) is 8.42 Å². The van der Waals surface area contributed by atoms with Crippen LogP contribution in [0.3, 0.4) is 0 Å². The van der Waals surface area contributed by atoms with Gasteiger partial charge in [-0.1, -0.05) is 12.5 Å². The summed E-state index contributed by atoms with van der Waals surface area (Å²) in [7, 11) is -1.82. The molecule has 2 rings (SSSR count). The molecule has 0 spiro atoms. The van der Waals surface area contributed by atoms with E-state index >= 15 is 0 Å². The maximum Gasteiger partial charge on any atom is 0.244 e. The molecule has 1 aliphatic rings. The van der Waals surface area contributed by atoms with E-state index in [4.69, 9.17) is 5.73 Å². The van der Waals surface area contributed by atoms with E-state index < -0.39 is 10.0 Å². The van der Waals surface area contributed by atoms with E-state index in [1.165, 1.54) is 10.7 Å². The Balaban J connectivity index is 2.23. The molecular formula is C13H20N2O2S. The summed E-state index contributed by atoms with van der Waals surface area (Å²) in [4.78, 5) is 0.218. The molecule has 100 valence electrons. The van der Waals surface area contributed by atoms with Gasteiger partial charge in [0.2, 0.25) is 10.0 Å². The van der Waals surface area contributed by atoms with Crippen LogP contribution in [-0.2, 0) is 10.0 Å². The Hall–Kier alpha value is -1.07. The summed E-state index contributed by atoms with van der Waals surface area (Å²) in [5, 5.41) is 0. The number of rotatable bonds is 4. The zero-order valence-electron chi connectivity index (χ0n) is 10.9. The number of nitrogens with zero attached hydrogens (tertiary/aromatic N) is 1. The van der Waals surface area contributed by atoms with Crippen LogP contribution in [0, 0.1) is 12.8 Å². The molecule has 1 aromatic rings. The lowest BCUT2D eigenvalue weighted by Crippen LogP contribution is -2.34. The van der Waals surface area contributed by atoms with Crippen LogP contribution < -0.4 is 5.73 Å². The maximum atomic E-state index is 12.4. The SMILES string of the molecule is Cc1ccc(S(=O)(=O)N(C)CC2CCC2)c(N)c1. The first-order valence-electron chi connectivity index (χ1n) is 6.23. The van der Waals surface area contributed by atoms with Crippen molar-refractivity contribution >= 4 is 15.7 Å². The van der Waals surface area contributed by atoms with E-state index in [-0.39, 0.29) is 4.90 Å². The van der Waals surface area contributed by atoms with Crippen LogP contribution in [0.15, 0.2) is 23.1 Å². The minimum Gasteiger partial charge on any atom is -0.398 e. The molecule has 1 aromatic carbocycles. The lowest BCUT2D eigenvalue weighted by atomic mass is 9.86. The molecule has 0 aromatic heterocycles. The number of hydrogen-bond acceptors (Lipinski definition) is 3. The zero-order valence-corrected chi connectivity index (χ0v) is 11.7. The Labute approximate surface area is 109 Å². The molecule has 0 heterocycles. The predicted octanol–water partition coefficient (Wildman–Crippen LogP) is 2.00. The van der Waals surface area contributed by atoms with Crippen molar-refractivity contribution in [3.63, 3.8) is 0 Å². The van der Waals surface area contributed by atoms with Crippen LogP contribution in [-0.4, -0.2) is 26.3 Å². The van der Waals surface area contributed by atoms with Gasteiger partial charge in [0.1, 0.15) is 4.90 Å². The quantitative estimate of drug-likeness (QED) is 0.849. The van der Waals surface area contributed by atoms with Gasteiger partial charge < -0.3 is 5.73 Å². The molecule has 0 atom stereocenters. The molecule has 18 heavy (non-hydrogen) atoms. The number of nitrogens with two attached hydrogens (primary N) is 1. The Kier molecular flexibility index (Phi) is 3.64. The first kappa shape index (κ1) is 13.4. The minimum atomic E-state index is -3.45. The summed E-state index contributed by atoms with van der Waals surface area (Å²) in [5.74, 6) is 0.511. The van der Waals surface area contributed by atoms with Crippen molar-refractivity contribution in [2.45, 2.75) is 31.1 Å². The van der Waals surface area contributed by atoms with Gasteiger partial charge in [-0.3, -0.25) is 0 Å². The average Bonchev–Trinajstić information content (AvgIpc) is 2.22. The highest BCUT2D eigenvalue weighted by Gasteiger charge is 2.27. The van der Waals surface area contributed by atoms with Gasteiger partial charge in [-0.25, -0.2) is 12.7 Å². The first-order valence-corrected chi connectivity index (χ1v) is 7.67. The fourth-order valence-corrected chi connectivity index (χ4v) is 3.55. The fraction of sp³-hybridized carbons (Fsp3) is 0.538. The van der Waals surface area contributed by atoms with Crippen LogP contribution in [0.5, 0.6) is 0 Å². The van der Waals surface area contributed by atoms with Gasteiger partial charge >= 0.3 is 0 Å². The van der Waals surface area contributed by atoms with Crippen LogP contribution in [0.1, 0.15) is 24.8 Å². The monoisotopic (exact) mass is 268 g/mol. The van der Waals surface area contributed by atoms with E-state index in [1.807, 2.05) is 6.92 Å². The standard InChI is InChI=1S/C13H20N2O2S/c1-10-6-7-13(12(14)8-10)18(16,17)15(2)9-11-4-3-5-11/h6-8,11H,3-5,9,14H2,1-2H3. The number of sulfonamides is 1. The van der Waals surface area contributed by atoms with E-state index in [1.54, 1.807) is 25.2 Å². The molecule has 0 bridgehead atoms. The largest absolute Gasteiger partial charge is 0.398 e. The van der Waals surface area contributed by atoms with Crippen molar-refractivity contribution in [1.29, 1.82) is 0 Å². The lowest BCUT2D eigenvalue weighted by molar-refractivity contribution is 0.263. The van der Waals surface area contributed by atoms with E-state index in [2.05, 4.69) is 0 Å². The molecule has 2 N–H and O–H groups in total. The third kappa shape index (κ3) is 2.52. The van der Waals surface area contributed by atoms with Crippen LogP contribution in [0.25, 0.3) is 0 Å². The molecular weight excluding hydrogens is 248 g/mol. The molecule has 0 unspecified atom stereocenters. The van der Waals surface area contributed by atoms with Gasteiger partial charge in [0.15, 0.2) is 0 Å². The highest BCUT2D eigenvalue weighted by atomic mass is 32.2. The smallest absolute Gasteiger partial charge is 0.244 e. The highest BCUT2D eigenvalue weighted by molar-refractivity contribution is 7.89. The summed E-state index contributed by atoms with van der Waals surface area (Å²) < 4.78 is 26.2. The summed E-state index contributed by atoms with van der Waals surface area (Å²) in [6.45, 7) is 2.49. The molecule has 0 aliphatic heterocycles. The summed E-state index contributed by atoms with van der Waals surface area (Å²) in [5.41, 5.74) is 7.11. The number of benzene rings is 1. The molecule has 1 aliphatic carbocycles. The second-order valence-electron chi connectivity index (χ2n) is 5.12. The van der Waals surface area contributed by atoms with Gasteiger partial charge in [-0.2, -0.15) is 0 Å². The molecule has 0 amide bonds. The molecule has 1 fully saturated rings. The molecule has 5 heteroatoms. The minimum absolute atomic E-state index is 0.218. The lowest BCUT2D eigenvalue weighted by Gasteiger charge is -2.29. The average molecular weight is 268 g/mol. The summed E-state index contributed by atoms with van der Waals surface area (Å²) in [6.07, 6.45) is 3.47.